The lowest BCUT2D eigenvalue weighted by Crippen LogP contribution is -2.37. The minimum Gasteiger partial charge on any atom is -0.386 e. The molecule has 2 aromatic rings. The predicted octanol–water partition coefficient (Wildman–Crippen LogP) is -3.16. The number of nitrogen functional groups attached to an aromatic ring is 1. The Morgan fingerprint density at radius 1 is 1.17 bits per heavy atom. The third kappa shape index (κ3) is 4.65. The number of nitrogens with zero attached hydrogens (tertiary/aromatic N) is 2. The SMILES string of the molecule is Nc1nc2c([nH]c(=O)n2[C@@H]2O[C@H](COP(=O)(O)O)[C@@H](OP(=O)(O)O)[C@H]2O)c(=O)[nH]1. The van der Waals surface area contributed by atoms with Gasteiger partial charge in [-0.3, -0.25) is 23.8 Å². The molecule has 0 spiro atoms. The maximum Gasteiger partial charge on any atom is 0.470 e. The summed E-state index contributed by atoms with van der Waals surface area (Å²) in [5.74, 6) is -0.382. The van der Waals surface area contributed by atoms with E-state index >= 15 is 0 Å². The van der Waals surface area contributed by atoms with E-state index in [0.29, 0.717) is 4.57 Å². The Bertz CT molecular complexity index is 1130. The summed E-state index contributed by atoms with van der Waals surface area (Å²) in [5.41, 5.74) is 2.93. The summed E-state index contributed by atoms with van der Waals surface area (Å²) in [5, 5.41) is 10.4. The second-order valence-electron chi connectivity index (χ2n) is 5.85. The second kappa shape index (κ2) is 7.41. The average molecular weight is 459 g/mol. The molecule has 0 aromatic carbocycles. The van der Waals surface area contributed by atoms with Crippen LogP contribution in [0.2, 0.25) is 0 Å². The van der Waals surface area contributed by atoms with Gasteiger partial charge in [0.2, 0.25) is 5.95 Å². The Morgan fingerprint density at radius 3 is 2.41 bits per heavy atom. The molecule has 19 heteroatoms. The number of nitrogens with two attached hydrogens (primary N) is 1. The molecule has 0 amide bonds. The molecule has 1 aliphatic rings. The first-order valence-corrected chi connectivity index (χ1v) is 10.6. The van der Waals surface area contributed by atoms with E-state index in [-0.39, 0.29) is 17.1 Å². The Kier molecular flexibility index (Phi) is 5.57. The molecule has 17 nitrogen and oxygen atoms in total. The van der Waals surface area contributed by atoms with E-state index in [4.69, 9.17) is 30.0 Å². The van der Waals surface area contributed by atoms with Crippen molar-refractivity contribution in [2.45, 2.75) is 24.5 Å². The van der Waals surface area contributed by atoms with Crippen molar-refractivity contribution in [1.29, 1.82) is 0 Å². The van der Waals surface area contributed by atoms with Gasteiger partial charge in [0, 0.05) is 0 Å². The molecule has 0 saturated carbocycles. The number of aliphatic hydroxyl groups is 1. The summed E-state index contributed by atoms with van der Waals surface area (Å²) in [4.78, 5) is 67.9. The number of phosphoric acid groups is 2. The lowest BCUT2D eigenvalue weighted by molar-refractivity contribution is -0.0516. The third-order valence-corrected chi connectivity index (χ3v) is 4.83. The normalized spacial score (nSPS) is 25.7. The van der Waals surface area contributed by atoms with E-state index in [1.54, 1.807) is 0 Å². The number of rotatable bonds is 6. The molecule has 4 atom stereocenters. The molecule has 1 saturated heterocycles. The first kappa shape index (κ1) is 21.8. The molecule has 0 unspecified atom stereocenters. The average Bonchev–Trinajstić information content (AvgIpc) is 3.01. The van der Waals surface area contributed by atoms with Gasteiger partial charge in [-0.15, -0.1) is 0 Å². The van der Waals surface area contributed by atoms with Crippen LogP contribution in [-0.4, -0.2) is 69.1 Å². The summed E-state index contributed by atoms with van der Waals surface area (Å²) in [6, 6.07) is 0. The highest BCUT2D eigenvalue weighted by atomic mass is 31.2. The Morgan fingerprint density at radius 2 is 1.83 bits per heavy atom. The van der Waals surface area contributed by atoms with Crippen LogP contribution in [0.4, 0.5) is 5.95 Å². The van der Waals surface area contributed by atoms with Gasteiger partial charge in [-0.1, -0.05) is 0 Å². The highest BCUT2D eigenvalue weighted by Crippen LogP contribution is 2.45. The van der Waals surface area contributed by atoms with Crippen LogP contribution in [0, 0.1) is 0 Å². The van der Waals surface area contributed by atoms with Gasteiger partial charge in [-0.2, -0.15) is 4.98 Å². The number of aliphatic hydroxyl groups excluding tert-OH is 1. The van der Waals surface area contributed by atoms with E-state index in [1.165, 1.54) is 0 Å². The van der Waals surface area contributed by atoms with Crippen LogP contribution in [0.25, 0.3) is 11.2 Å². The topological polar surface area (TPSA) is 273 Å². The van der Waals surface area contributed by atoms with Crippen LogP contribution in [0.3, 0.4) is 0 Å². The van der Waals surface area contributed by atoms with Crippen LogP contribution in [0.1, 0.15) is 6.23 Å². The third-order valence-electron chi connectivity index (χ3n) is 3.83. The molecule has 1 aliphatic heterocycles. The molecule has 0 bridgehead atoms. The number of phosphoric ester groups is 2. The van der Waals surface area contributed by atoms with Crippen LogP contribution in [0.5, 0.6) is 0 Å². The predicted molar refractivity (Wildman–Crippen MR) is 90.2 cm³/mol. The van der Waals surface area contributed by atoms with E-state index < -0.39 is 58.0 Å². The molecule has 9 N–H and O–H groups in total. The molecule has 3 heterocycles. The molecule has 0 aliphatic carbocycles. The number of anilines is 1. The fourth-order valence-electron chi connectivity index (χ4n) is 2.79. The van der Waals surface area contributed by atoms with Gasteiger partial charge < -0.3 is 35.2 Å². The van der Waals surface area contributed by atoms with Crippen molar-refractivity contribution in [2.24, 2.45) is 0 Å². The van der Waals surface area contributed by atoms with Crippen LogP contribution in [-0.2, 0) is 22.9 Å². The van der Waals surface area contributed by atoms with Crippen molar-refractivity contribution in [3.8, 4) is 0 Å². The number of aromatic amines is 2. The number of nitrogens with one attached hydrogen (secondary N) is 2. The molecule has 0 radical (unpaired) electrons. The van der Waals surface area contributed by atoms with Gasteiger partial charge in [-0.05, 0) is 0 Å². The van der Waals surface area contributed by atoms with Crippen molar-refractivity contribution in [1.82, 2.24) is 19.5 Å². The van der Waals surface area contributed by atoms with Gasteiger partial charge >= 0.3 is 21.3 Å². The summed E-state index contributed by atoms with van der Waals surface area (Å²) < 4.78 is 36.7. The standard InChI is InChI=1S/C10H15N5O12P2/c11-9-13-6-3(7(17)14-9)12-10(18)15(6)8-4(16)5(27-29(22,23)24)2(26-8)1-25-28(19,20)21/h2,4-5,8,16H,1H2,(H,12,18)(H2,19,20,21)(H2,22,23,24)(H3,11,13,14,17)/t2-,4-,5-,8-/m1/s1. The number of hydrogen-bond donors (Lipinski definition) is 8. The number of ether oxygens (including phenoxy) is 1. The monoisotopic (exact) mass is 459 g/mol. The highest BCUT2D eigenvalue weighted by Gasteiger charge is 2.50. The zero-order valence-corrected chi connectivity index (χ0v) is 15.8. The quantitative estimate of drug-likeness (QED) is 0.198. The highest BCUT2D eigenvalue weighted by molar-refractivity contribution is 7.46. The fraction of sp³-hybridized carbons (Fsp3) is 0.500. The maximum atomic E-state index is 12.3. The summed E-state index contributed by atoms with van der Waals surface area (Å²) in [7, 11) is -10.2. The van der Waals surface area contributed by atoms with E-state index in [2.05, 4.69) is 24.0 Å². The van der Waals surface area contributed by atoms with E-state index in [9.17, 15) is 23.8 Å². The lowest BCUT2D eigenvalue weighted by Gasteiger charge is -2.20. The van der Waals surface area contributed by atoms with Crippen LogP contribution >= 0.6 is 15.6 Å². The zero-order chi connectivity index (χ0) is 21.7. The van der Waals surface area contributed by atoms with Crippen molar-refractivity contribution in [3.05, 3.63) is 20.8 Å². The van der Waals surface area contributed by atoms with Crippen LogP contribution < -0.4 is 17.0 Å². The Hall–Kier alpha value is -1.91. The molecule has 29 heavy (non-hydrogen) atoms. The first-order valence-electron chi connectivity index (χ1n) is 7.54. The van der Waals surface area contributed by atoms with Crippen molar-refractivity contribution in [3.63, 3.8) is 0 Å². The molecule has 1 fully saturated rings. The van der Waals surface area contributed by atoms with Crippen molar-refractivity contribution < 1.29 is 47.6 Å². The second-order valence-corrected chi connectivity index (χ2v) is 8.28. The largest absolute Gasteiger partial charge is 0.470 e. The zero-order valence-electron chi connectivity index (χ0n) is 14.0. The Labute approximate surface area is 158 Å². The smallest absolute Gasteiger partial charge is 0.386 e. The molecule has 2 aromatic heterocycles. The summed E-state index contributed by atoms with van der Waals surface area (Å²) >= 11 is 0. The van der Waals surface area contributed by atoms with E-state index in [0.717, 1.165) is 0 Å². The van der Waals surface area contributed by atoms with Gasteiger partial charge in [-0.25, -0.2) is 18.5 Å². The lowest BCUT2D eigenvalue weighted by atomic mass is 10.1. The summed E-state index contributed by atoms with van der Waals surface area (Å²) in [6.07, 6.45) is -7.19. The first-order chi connectivity index (χ1) is 13.3. The molecule has 3 rings (SSSR count). The molecular weight excluding hydrogens is 444 g/mol. The number of aromatic nitrogens is 4. The van der Waals surface area contributed by atoms with Crippen molar-refractivity contribution in [2.75, 3.05) is 12.3 Å². The minimum absolute atomic E-state index is 0.331. The maximum absolute atomic E-state index is 12.3. The number of H-pyrrole nitrogens is 2. The van der Waals surface area contributed by atoms with Gasteiger partial charge in [0.25, 0.3) is 5.56 Å². The van der Waals surface area contributed by atoms with Crippen LogP contribution in [0.15, 0.2) is 9.59 Å². The van der Waals surface area contributed by atoms with Gasteiger partial charge in [0.1, 0.15) is 18.3 Å². The minimum atomic E-state index is -5.21. The number of hydrogen-bond acceptors (Lipinski definition) is 10. The molecular formula is C10H15N5O12P2. The molecule has 162 valence electrons. The summed E-state index contributed by atoms with van der Waals surface area (Å²) in [6.45, 7) is -0.963. The van der Waals surface area contributed by atoms with E-state index in [1.807, 2.05) is 0 Å². The Balaban J connectivity index is 2.04. The van der Waals surface area contributed by atoms with Crippen molar-refractivity contribution >= 4 is 32.8 Å². The van der Waals surface area contributed by atoms with Gasteiger partial charge in [0.15, 0.2) is 17.4 Å². The van der Waals surface area contributed by atoms with Gasteiger partial charge in [0.05, 0.1) is 6.61 Å². The fourth-order valence-corrected chi connectivity index (χ4v) is 3.71. The number of imidazole rings is 1. The number of fused-ring (bicyclic) bond motifs is 1.